The van der Waals surface area contributed by atoms with Crippen LogP contribution in [0.3, 0.4) is 0 Å². The highest BCUT2D eigenvalue weighted by Gasteiger charge is 2.38. The standard InChI is InChI=1S/C15H16N2O4/c1-8-11(15(20)21)4-5-17(8)14(19)9-2-3-12-10(6-9)7-13(18)16-12/h2-3,6,8,11H,4-5,7H2,1H3,(H,16,18)(H,20,21). The summed E-state index contributed by atoms with van der Waals surface area (Å²) in [4.78, 5) is 36.6. The molecule has 6 heteroatoms. The largest absolute Gasteiger partial charge is 0.481 e. The van der Waals surface area contributed by atoms with Crippen LogP contribution in [0, 0.1) is 5.92 Å². The Morgan fingerprint density at radius 1 is 1.38 bits per heavy atom. The molecule has 2 heterocycles. The summed E-state index contributed by atoms with van der Waals surface area (Å²) < 4.78 is 0. The first-order valence-corrected chi connectivity index (χ1v) is 6.94. The molecule has 2 atom stereocenters. The minimum absolute atomic E-state index is 0.0740. The highest BCUT2D eigenvalue weighted by molar-refractivity contribution is 6.01. The number of fused-ring (bicyclic) bond motifs is 1. The van der Waals surface area contributed by atoms with Gasteiger partial charge in [0, 0.05) is 23.8 Å². The van der Waals surface area contributed by atoms with E-state index in [1.165, 1.54) is 0 Å². The third-order valence-electron chi connectivity index (χ3n) is 4.31. The van der Waals surface area contributed by atoms with Crippen LogP contribution in [0.15, 0.2) is 18.2 Å². The molecular weight excluding hydrogens is 272 g/mol. The quantitative estimate of drug-likeness (QED) is 0.853. The van der Waals surface area contributed by atoms with Crippen molar-refractivity contribution in [1.29, 1.82) is 0 Å². The maximum absolute atomic E-state index is 12.5. The summed E-state index contributed by atoms with van der Waals surface area (Å²) in [6.07, 6.45) is 0.761. The molecule has 0 saturated carbocycles. The predicted molar refractivity (Wildman–Crippen MR) is 75.0 cm³/mol. The van der Waals surface area contributed by atoms with E-state index in [1.54, 1.807) is 30.0 Å². The summed E-state index contributed by atoms with van der Waals surface area (Å²) in [6, 6.07) is 4.80. The number of anilines is 1. The number of amides is 2. The van der Waals surface area contributed by atoms with Gasteiger partial charge in [0.25, 0.3) is 5.91 Å². The van der Waals surface area contributed by atoms with E-state index in [2.05, 4.69) is 5.32 Å². The Hall–Kier alpha value is -2.37. The second-order valence-electron chi connectivity index (χ2n) is 5.57. The normalized spacial score (nSPS) is 23.9. The Morgan fingerprint density at radius 3 is 2.81 bits per heavy atom. The summed E-state index contributed by atoms with van der Waals surface area (Å²) in [6.45, 7) is 2.22. The number of nitrogens with zero attached hydrogens (tertiary/aromatic N) is 1. The topological polar surface area (TPSA) is 86.7 Å². The van der Waals surface area contributed by atoms with Crippen LogP contribution in [0.5, 0.6) is 0 Å². The molecule has 2 aliphatic rings. The molecule has 0 bridgehead atoms. The Labute approximate surface area is 121 Å². The first kappa shape index (κ1) is 13.6. The van der Waals surface area contributed by atoms with E-state index in [1.807, 2.05) is 0 Å². The molecule has 0 aliphatic carbocycles. The van der Waals surface area contributed by atoms with Crippen LogP contribution in [0.25, 0.3) is 0 Å². The zero-order valence-electron chi connectivity index (χ0n) is 11.6. The lowest BCUT2D eigenvalue weighted by atomic mass is 10.0. The molecule has 110 valence electrons. The van der Waals surface area contributed by atoms with Gasteiger partial charge in [-0.3, -0.25) is 14.4 Å². The number of nitrogens with one attached hydrogen (secondary N) is 1. The van der Waals surface area contributed by atoms with Gasteiger partial charge in [-0.15, -0.1) is 0 Å². The van der Waals surface area contributed by atoms with E-state index in [0.717, 1.165) is 11.3 Å². The van der Waals surface area contributed by atoms with Crippen molar-refractivity contribution in [1.82, 2.24) is 4.90 Å². The van der Waals surface area contributed by atoms with Crippen LogP contribution < -0.4 is 5.32 Å². The molecule has 0 radical (unpaired) electrons. The van der Waals surface area contributed by atoms with E-state index in [0.29, 0.717) is 18.5 Å². The highest BCUT2D eigenvalue weighted by atomic mass is 16.4. The van der Waals surface area contributed by atoms with Crippen molar-refractivity contribution < 1.29 is 19.5 Å². The lowest BCUT2D eigenvalue weighted by Gasteiger charge is -2.23. The molecule has 1 saturated heterocycles. The highest BCUT2D eigenvalue weighted by Crippen LogP contribution is 2.28. The third kappa shape index (κ3) is 2.26. The van der Waals surface area contributed by atoms with Gasteiger partial charge in [-0.2, -0.15) is 0 Å². The third-order valence-corrected chi connectivity index (χ3v) is 4.31. The van der Waals surface area contributed by atoms with Crippen LogP contribution in [0.2, 0.25) is 0 Å². The van der Waals surface area contributed by atoms with Crippen LogP contribution in [0.1, 0.15) is 29.3 Å². The molecule has 2 N–H and O–H groups in total. The molecule has 3 rings (SSSR count). The monoisotopic (exact) mass is 288 g/mol. The van der Waals surface area contributed by atoms with E-state index in [4.69, 9.17) is 5.11 Å². The number of aliphatic carboxylic acids is 1. The minimum Gasteiger partial charge on any atom is -0.481 e. The van der Waals surface area contributed by atoms with Gasteiger partial charge in [0.05, 0.1) is 12.3 Å². The number of benzene rings is 1. The number of carboxylic acids is 1. The van der Waals surface area contributed by atoms with Gasteiger partial charge >= 0.3 is 5.97 Å². The fourth-order valence-corrected chi connectivity index (χ4v) is 3.08. The molecule has 0 aromatic heterocycles. The minimum atomic E-state index is -0.860. The Bertz CT molecular complexity index is 641. The Balaban J connectivity index is 1.82. The van der Waals surface area contributed by atoms with E-state index in [-0.39, 0.29) is 24.3 Å². The number of carbonyl (C=O) groups excluding carboxylic acids is 2. The van der Waals surface area contributed by atoms with Crippen molar-refractivity contribution in [3.05, 3.63) is 29.3 Å². The first-order chi connectivity index (χ1) is 9.97. The SMILES string of the molecule is CC1C(C(=O)O)CCN1C(=O)c1ccc2c(c1)CC(=O)N2. The smallest absolute Gasteiger partial charge is 0.308 e. The Morgan fingerprint density at radius 2 is 2.14 bits per heavy atom. The van der Waals surface area contributed by atoms with Crippen LogP contribution in [0.4, 0.5) is 5.69 Å². The summed E-state index contributed by atoms with van der Waals surface area (Å²) in [5.74, 6) is -1.61. The second-order valence-corrected chi connectivity index (χ2v) is 5.57. The zero-order chi connectivity index (χ0) is 15.1. The van der Waals surface area contributed by atoms with Gasteiger partial charge in [0.1, 0.15) is 0 Å². The number of hydrogen-bond acceptors (Lipinski definition) is 3. The number of rotatable bonds is 2. The molecule has 2 aliphatic heterocycles. The van der Waals surface area contributed by atoms with Gasteiger partial charge in [-0.1, -0.05) is 0 Å². The fourth-order valence-electron chi connectivity index (χ4n) is 3.08. The van der Waals surface area contributed by atoms with Gasteiger partial charge < -0.3 is 15.3 Å². The molecule has 2 unspecified atom stereocenters. The molecule has 2 amide bonds. The average molecular weight is 288 g/mol. The summed E-state index contributed by atoms with van der Waals surface area (Å²) in [7, 11) is 0. The van der Waals surface area contributed by atoms with E-state index in [9.17, 15) is 14.4 Å². The summed E-state index contributed by atoms with van der Waals surface area (Å²) in [5.41, 5.74) is 2.06. The van der Waals surface area contributed by atoms with Gasteiger partial charge in [0.15, 0.2) is 0 Å². The summed E-state index contributed by atoms with van der Waals surface area (Å²) in [5, 5.41) is 11.8. The van der Waals surface area contributed by atoms with E-state index < -0.39 is 11.9 Å². The van der Waals surface area contributed by atoms with Gasteiger partial charge in [-0.25, -0.2) is 0 Å². The van der Waals surface area contributed by atoms with Crippen molar-refractivity contribution >= 4 is 23.5 Å². The molecular formula is C15H16N2O4. The lowest BCUT2D eigenvalue weighted by molar-refractivity contribution is -0.142. The van der Waals surface area contributed by atoms with Crippen LogP contribution in [-0.2, 0) is 16.0 Å². The van der Waals surface area contributed by atoms with E-state index >= 15 is 0 Å². The zero-order valence-corrected chi connectivity index (χ0v) is 11.6. The molecule has 1 fully saturated rings. The average Bonchev–Trinajstić information content (AvgIpc) is 2.98. The van der Waals surface area contributed by atoms with Crippen molar-refractivity contribution in [2.24, 2.45) is 5.92 Å². The molecule has 1 aromatic carbocycles. The molecule has 6 nitrogen and oxygen atoms in total. The Kier molecular flexibility index (Phi) is 3.16. The maximum Gasteiger partial charge on any atom is 0.308 e. The molecule has 1 aromatic rings. The number of carbonyl (C=O) groups is 3. The number of carboxylic acid groups (broad SMARTS) is 1. The van der Waals surface area contributed by atoms with Crippen molar-refractivity contribution in [2.75, 3.05) is 11.9 Å². The predicted octanol–water partition coefficient (Wildman–Crippen LogP) is 1.12. The van der Waals surface area contributed by atoms with Crippen LogP contribution >= 0.6 is 0 Å². The number of likely N-dealkylation sites (tertiary alicyclic amines) is 1. The lowest BCUT2D eigenvalue weighted by Crippen LogP contribution is -2.37. The second kappa shape index (κ2) is 4.87. The fraction of sp³-hybridized carbons (Fsp3) is 0.400. The first-order valence-electron chi connectivity index (χ1n) is 6.94. The van der Waals surface area contributed by atoms with Gasteiger partial charge in [0.2, 0.25) is 5.91 Å². The summed E-state index contributed by atoms with van der Waals surface area (Å²) >= 11 is 0. The maximum atomic E-state index is 12.5. The van der Waals surface area contributed by atoms with Crippen molar-refractivity contribution in [2.45, 2.75) is 25.8 Å². The van der Waals surface area contributed by atoms with Gasteiger partial charge in [-0.05, 0) is 37.1 Å². The van der Waals surface area contributed by atoms with Crippen molar-refractivity contribution in [3.8, 4) is 0 Å². The van der Waals surface area contributed by atoms with Crippen LogP contribution in [-0.4, -0.2) is 40.4 Å². The van der Waals surface area contributed by atoms with Crippen molar-refractivity contribution in [3.63, 3.8) is 0 Å². The molecule has 21 heavy (non-hydrogen) atoms. The number of hydrogen-bond donors (Lipinski definition) is 2. The molecule has 0 spiro atoms.